The maximum atomic E-state index is 13.0. The van der Waals surface area contributed by atoms with Crippen LogP contribution in [0.1, 0.15) is 36.0 Å². The van der Waals surface area contributed by atoms with Crippen LogP contribution < -0.4 is 0 Å². The lowest BCUT2D eigenvalue weighted by molar-refractivity contribution is 0.0762. The summed E-state index contributed by atoms with van der Waals surface area (Å²) in [5.41, 5.74) is 3.46. The Morgan fingerprint density at radius 1 is 0.923 bits per heavy atom. The minimum atomic E-state index is 0.141. The van der Waals surface area contributed by atoms with Crippen LogP contribution in [0.4, 0.5) is 0 Å². The molecule has 3 heterocycles. The standard InChI is InChI=1S/C21H19N3OS/c25-21(24-11-5-1-2-6-12-24)14-9-10-18-15(13-14)19-20(26-18)23-17-8-4-3-7-16(17)22-19/h3-4,7-10,13H,1-2,5-6,11-12H2. The number of rotatable bonds is 1. The van der Waals surface area contributed by atoms with Crippen molar-refractivity contribution < 1.29 is 4.79 Å². The number of aromatic nitrogens is 2. The van der Waals surface area contributed by atoms with Crippen molar-refractivity contribution in [1.29, 1.82) is 0 Å². The highest BCUT2D eigenvalue weighted by molar-refractivity contribution is 7.25. The molecule has 0 atom stereocenters. The second-order valence-electron chi connectivity index (χ2n) is 6.89. The molecule has 4 aromatic rings. The summed E-state index contributed by atoms with van der Waals surface area (Å²) < 4.78 is 1.13. The molecule has 1 fully saturated rings. The summed E-state index contributed by atoms with van der Waals surface area (Å²) in [4.78, 5) is 25.5. The molecule has 5 rings (SSSR count). The molecule has 130 valence electrons. The summed E-state index contributed by atoms with van der Waals surface area (Å²) in [5.74, 6) is 0.141. The van der Waals surface area contributed by atoms with Crippen LogP contribution >= 0.6 is 11.3 Å². The van der Waals surface area contributed by atoms with Crippen molar-refractivity contribution in [3.63, 3.8) is 0 Å². The van der Waals surface area contributed by atoms with E-state index in [4.69, 9.17) is 9.97 Å². The fraction of sp³-hybridized carbons (Fsp3) is 0.286. The van der Waals surface area contributed by atoms with Crippen LogP contribution in [0.25, 0.3) is 31.5 Å². The van der Waals surface area contributed by atoms with E-state index in [0.29, 0.717) is 0 Å². The van der Waals surface area contributed by atoms with Gasteiger partial charge in [-0.05, 0) is 43.2 Å². The molecule has 1 aliphatic rings. The second kappa shape index (κ2) is 6.32. The van der Waals surface area contributed by atoms with Gasteiger partial charge in [0.05, 0.1) is 11.0 Å². The van der Waals surface area contributed by atoms with Crippen molar-refractivity contribution in [2.75, 3.05) is 13.1 Å². The molecular weight excluding hydrogens is 342 g/mol. The average molecular weight is 361 g/mol. The van der Waals surface area contributed by atoms with Crippen molar-refractivity contribution in [2.45, 2.75) is 25.7 Å². The van der Waals surface area contributed by atoms with E-state index in [1.807, 2.05) is 47.4 Å². The smallest absolute Gasteiger partial charge is 0.253 e. The second-order valence-corrected chi connectivity index (χ2v) is 7.92. The number of hydrogen-bond donors (Lipinski definition) is 0. The molecule has 0 spiro atoms. The predicted octanol–water partition coefficient (Wildman–Crippen LogP) is 5.01. The summed E-state index contributed by atoms with van der Waals surface area (Å²) in [5, 5.41) is 1.03. The first-order chi connectivity index (χ1) is 12.8. The summed E-state index contributed by atoms with van der Waals surface area (Å²) in [6.07, 6.45) is 4.65. The molecule has 0 aliphatic carbocycles. The van der Waals surface area contributed by atoms with E-state index in [0.717, 1.165) is 63.0 Å². The monoisotopic (exact) mass is 361 g/mol. The van der Waals surface area contributed by atoms with Crippen LogP contribution in [0.2, 0.25) is 0 Å². The number of benzene rings is 2. The van der Waals surface area contributed by atoms with Gasteiger partial charge in [0.1, 0.15) is 10.3 Å². The molecule has 2 aromatic heterocycles. The van der Waals surface area contributed by atoms with E-state index in [1.54, 1.807) is 11.3 Å². The van der Waals surface area contributed by atoms with Crippen molar-refractivity contribution in [2.24, 2.45) is 0 Å². The molecule has 1 aliphatic heterocycles. The fourth-order valence-corrected chi connectivity index (χ4v) is 4.73. The van der Waals surface area contributed by atoms with Crippen molar-refractivity contribution in [3.05, 3.63) is 48.0 Å². The Bertz CT molecular complexity index is 1130. The van der Waals surface area contributed by atoms with Gasteiger partial charge < -0.3 is 4.90 Å². The number of para-hydroxylation sites is 2. The van der Waals surface area contributed by atoms with E-state index in [1.165, 1.54) is 12.8 Å². The normalized spacial score (nSPS) is 15.6. The van der Waals surface area contributed by atoms with E-state index >= 15 is 0 Å². The molecule has 1 saturated heterocycles. The zero-order valence-electron chi connectivity index (χ0n) is 14.4. The molecule has 0 bridgehead atoms. The average Bonchev–Trinajstić information content (AvgIpc) is 2.84. The van der Waals surface area contributed by atoms with Crippen LogP contribution in [0.15, 0.2) is 42.5 Å². The van der Waals surface area contributed by atoms with E-state index in [9.17, 15) is 4.79 Å². The van der Waals surface area contributed by atoms with Gasteiger partial charge in [0.2, 0.25) is 0 Å². The van der Waals surface area contributed by atoms with Crippen molar-refractivity contribution in [1.82, 2.24) is 14.9 Å². The Kier molecular flexibility index (Phi) is 3.82. The van der Waals surface area contributed by atoms with E-state index < -0.39 is 0 Å². The van der Waals surface area contributed by atoms with Crippen molar-refractivity contribution >= 4 is 48.7 Å². The number of hydrogen-bond acceptors (Lipinski definition) is 4. The van der Waals surface area contributed by atoms with Gasteiger partial charge in [-0.1, -0.05) is 25.0 Å². The molecule has 26 heavy (non-hydrogen) atoms. The number of thiophene rings is 1. The van der Waals surface area contributed by atoms with E-state index in [-0.39, 0.29) is 5.91 Å². The quantitative estimate of drug-likeness (QED) is 0.478. The Morgan fingerprint density at radius 2 is 1.65 bits per heavy atom. The number of amides is 1. The molecular formula is C21H19N3OS. The van der Waals surface area contributed by atoms with Gasteiger partial charge in [-0.2, -0.15) is 0 Å². The molecule has 0 saturated carbocycles. The molecule has 2 aromatic carbocycles. The van der Waals surface area contributed by atoms with Crippen LogP contribution in [0.5, 0.6) is 0 Å². The predicted molar refractivity (Wildman–Crippen MR) is 107 cm³/mol. The van der Waals surface area contributed by atoms with Crippen molar-refractivity contribution in [3.8, 4) is 0 Å². The lowest BCUT2D eigenvalue weighted by Gasteiger charge is -2.20. The van der Waals surface area contributed by atoms with Crippen LogP contribution in [0, 0.1) is 0 Å². The zero-order chi connectivity index (χ0) is 17.5. The Morgan fingerprint density at radius 3 is 2.42 bits per heavy atom. The van der Waals surface area contributed by atoms with Gasteiger partial charge in [0.25, 0.3) is 5.91 Å². The van der Waals surface area contributed by atoms with Gasteiger partial charge >= 0.3 is 0 Å². The topological polar surface area (TPSA) is 46.1 Å². The van der Waals surface area contributed by atoms with Crippen LogP contribution in [-0.4, -0.2) is 33.9 Å². The molecule has 1 amide bonds. The molecule has 0 unspecified atom stereocenters. The van der Waals surface area contributed by atoms with Gasteiger partial charge in [-0.25, -0.2) is 9.97 Å². The number of nitrogens with zero attached hydrogens (tertiary/aromatic N) is 3. The van der Waals surface area contributed by atoms with Gasteiger partial charge in [-0.3, -0.25) is 4.79 Å². The molecule has 5 heteroatoms. The first kappa shape index (κ1) is 15.7. The highest BCUT2D eigenvalue weighted by atomic mass is 32.1. The molecule has 0 N–H and O–H groups in total. The van der Waals surface area contributed by atoms with Gasteiger partial charge in [0.15, 0.2) is 0 Å². The zero-order valence-corrected chi connectivity index (χ0v) is 15.3. The number of fused-ring (bicyclic) bond motifs is 4. The third kappa shape index (κ3) is 2.63. The lowest BCUT2D eigenvalue weighted by atomic mass is 10.1. The largest absolute Gasteiger partial charge is 0.339 e. The first-order valence-electron chi connectivity index (χ1n) is 9.18. The summed E-state index contributed by atoms with van der Waals surface area (Å²) in [6, 6.07) is 13.9. The third-order valence-corrected chi connectivity index (χ3v) is 6.17. The minimum Gasteiger partial charge on any atom is -0.339 e. The Balaban J connectivity index is 1.62. The fourth-order valence-electron chi connectivity index (χ4n) is 3.73. The number of carbonyl (C=O) groups is 1. The summed E-state index contributed by atoms with van der Waals surface area (Å²) in [7, 11) is 0. The molecule has 0 radical (unpaired) electrons. The summed E-state index contributed by atoms with van der Waals surface area (Å²) in [6.45, 7) is 1.73. The minimum absolute atomic E-state index is 0.141. The third-order valence-electron chi connectivity index (χ3n) is 5.12. The summed E-state index contributed by atoms with van der Waals surface area (Å²) >= 11 is 1.64. The Labute approximate surface area is 155 Å². The van der Waals surface area contributed by atoms with E-state index in [2.05, 4.69) is 0 Å². The highest BCUT2D eigenvalue weighted by Crippen LogP contribution is 2.33. The van der Waals surface area contributed by atoms with Gasteiger partial charge in [0, 0.05) is 28.7 Å². The number of carbonyl (C=O) groups excluding carboxylic acids is 1. The lowest BCUT2D eigenvalue weighted by Crippen LogP contribution is -2.31. The first-order valence-corrected chi connectivity index (χ1v) is 9.99. The Hall–Kier alpha value is -2.53. The highest BCUT2D eigenvalue weighted by Gasteiger charge is 2.19. The van der Waals surface area contributed by atoms with Crippen LogP contribution in [0.3, 0.4) is 0 Å². The van der Waals surface area contributed by atoms with Crippen LogP contribution in [-0.2, 0) is 0 Å². The maximum absolute atomic E-state index is 13.0. The van der Waals surface area contributed by atoms with Gasteiger partial charge in [-0.15, -0.1) is 11.3 Å². The SMILES string of the molecule is O=C(c1ccc2sc3nc4ccccc4nc3c2c1)N1CCCCCC1. The number of likely N-dealkylation sites (tertiary alicyclic amines) is 1. The molecule has 4 nitrogen and oxygen atoms in total. The maximum Gasteiger partial charge on any atom is 0.253 e.